The molecule has 9 heteroatoms. The molecular formula is C21H30F3NO5. The van der Waals surface area contributed by atoms with Crippen LogP contribution in [0.15, 0.2) is 18.2 Å². The summed E-state index contributed by atoms with van der Waals surface area (Å²) in [6.45, 7) is 7.85. The number of alkyl halides is 3. The molecule has 170 valence electrons. The molecule has 2 rings (SSSR count). The maximum Gasteiger partial charge on any atom is 0.416 e. The summed E-state index contributed by atoms with van der Waals surface area (Å²) < 4.78 is 50.6. The van der Waals surface area contributed by atoms with Crippen molar-refractivity contribution in [1.29, 1.82) is 0 Å². The van der Waals surface area contributed by atoms with Crippen LogP contribution in [0.3, 0.4) is 0 Å². The Morgan fingerprint density at radius 1 is 1.23 bits per heavy atom. The molecule has 1 aromatic carbocycles. The van der Waals surface area contributed by atoms with E-state index in [4.69, 9.17) is 14.6 Å². The molecule has 1 aliphatic heterocycles. The van der Waals surface area contributed by atoms with E-state index in [1.54, 1.807) is 13.8 Å². The van der Waals surface area contributed by atoms with E-state index in [1.165, 1.54) is 6.07 Å². The number of hydrogen-bond acceptors (Lipinski definition) is 4. The maximum absolute atomic E-state index is 13.3. The molecule has 0 radical (unpaired) electrons. The Morgan fingerprint density at radius 3 is 2.33 bits per heavy atom. The standard InChI is InChI=1S/C21H30F3NO5/c1-12(2)9-13(11-20(3,4)25-19(27)28)17(26)15-6-5-14(21(22,23)24)10-16(15)18-29-7-8-30-18/h5-6,10,12-13,17-18,25-26H,7-9,11H2,1-4H3,(H,27,28)/t13-,17?/m1/s1. The molecule has 1 heterocycles. The smallest absolute Gasteiger partial charge is 0.416 e. The van der Waals surface area contributed by atoms with Gasteiger partial charge in [0.1, 0.15) is 0 Å². The molecule has 0 aromatic heterocycles. The van der Waals surface area contributed by atoms with Gasteiger partial charge in [-0.3, -0.25) is 0 Å². The minimum atomic E-state index is -4.54. The van der Waals surface area contributed by atoms with Crippen molar-refractivity contribution in [2.45, 2.75) is 64.6 Å². The molecular weight excluding hydrogens is 403 g/mol. The van der Waals surface area contributed by atoms with Crippen LogP contribution in [-0.2, 0) is 15.7 Å². The van der Waals surface area contributed by atoms with Crippen molar-refractivity contribution in [2.75, 3.05) is 13.2 Å². The third kappa shape index (κ3) is 6.58. The Morgan fingerprint density at radius 2 is 1.83 bits per heavy atom. The lowest BCUT2D eigenvalue weighted by atomic mass is 9.79. The SMILES string of the molecule is CC(C)C[C@H](CC(C)(C)NC(=O)O)C(O)c1ccc(C(F)(F)F)cc1C1OCCO1. The van der Waals surface area contributed by atoms with Gasteiger partial charge in [-0.05, 0) is 56.2 Å². The highest BCUT2D eigenvalue weighted by molar-refractivity contribution is 5.65. The van der Waals surface area contributed by atoms with E-state index in [-0.39, 0.29) is 24.7 Å². The fourth-order valence-electron chi connectivity index (χ4n) is 3.94. The molecule has 1 aromatic rings. The summed E-state index contributed by atoms with van der Waals surface area (Å²) in [5, 5.41) is 22.7. The summed E-state index contributed by atoms with van der Waals surface area (Å²) in [5.41, 5.74) is -1.24. The highest BCUT2D eigenvalue weighted by atomic mass is 19.4. The largest absolute Gasteiger partial charge is 0.465 e. The number of carbonyl (C=O) groups is 1. The molecule has 0 bridgehead atoms. The van der Waals surface area contributed by atoms with Gasteiger partial charge in [-0.25, -0.2) is 4.79 Å². The van der Waals surface area contributed by atoms with E-state index < -0.39 is 41.7 Å². The Balaban J connectivity index is 2.42. The summed E-state index contributed by atoms with van der Waals surface area (Å²) >= 11 is 0. The maximum atomic E-state index is 13.3. The summed E-state index contributed by atoms with van der Waals surface area (Å²) in [6.07, 6.45) is -6.97. The van der Waals surface area contributed by atoms with Crippen LogP contribution in [0.2, 0.25) is 0 Å². The van der Waals surface area contributed by atoms with Crippen LogP contribution in [0.25, 0.3) is 0 Å². The highest BCUT2D eigenvalue weighted by Crippen LogP contribution is 2.40. The zero-order valence-electron chi connectivity index (χ0n) is 17.6. The number of benzene rings is 1. The minimum absolute atomic E-state index is 0.146. The summed E-state index contributed by atoms with van der Waals surface area (Å²) in [4.78, 5) is 11.1. The molecule has 1 saturated heterocycles. The normalized spacial score (nSPS) is 17.9. The topological polar surface area (TPSA) is 88.0 Å². The number of hydrogen-bond donors (Lipinski definition) is 3. The van der Waals surface area contributed by atoms with Crippen molar-refractivity contribution < 1.29 is 37.7 Å². The van der Waals surface area contributed by atoms with Gasteiger partial charge in [0.25, 0.3) is 0 Å². The van der Waals surface area contributed by atoms with E-state index >= 15 is 0 Å². The van der Waals surface area contributed by atoms with Gasteiger partial charge in [0, 0.05) is 11.1 Å². The Labute approximate surface area is 174 Å². The van der Waals surface area contributed by atoms with Crippen LogP contribution in [0, 0.1) is 11.8 Å². The summed E-state index contributed by atoms with van der Waals surface area (Å²) in [6, 6.07) is 3.16. The van der Waals surface area contributed by atoms with Gasteiger partial charge in [0.05, 0.1) is 24.9 Å². The van der Waals surface area contributed by atoms with E-state index in [9.17, 15) is 23.1 Å². The van der Waals surface area contributed by atoms with Gasteiger partial charge in [-0.2, -0.15) is 13.2 Å². The summed E-state index contributed by atoms with van der Waals surface area (Å²) in [7, 11) is 0. The average molecular weight is 433 g/mol. The van der Waals surface area contributed by atoms with E-state index in [1.807, 2.05) is 13.8 Å². The Hall–Kier alpha value is -1.84. The predicted molar refractivity (Wildman–Crippen MR) is 104 cm³/mol. The van der Waals surface area contributed by atoms with Gasteiger partial charge >= 0.3 is 12.3 Å². The number of aliphatic hydroxyl groups is 1. The second-order valence-corrected chi connectivity index (χ2v) is 8.77. The molecule has 6 nitrogen and oxygen atoms in total. The highest BCUT2D eigenvalue weighted by Gasteiger charge is 2.36. The van der Waals surface area contributed by atoms with Crippen molar-refractivity contribution in [3.63, 3.8) is 0 Å². The van der Waals surface area contributed by atoms with Gasteiger partial charge in [0.2, 0.25) is 0 Å². The first-order chi connectivity index (χ1) is 13.8. The number of nitrogens with one attached hydrogen (secondary N) is 1. The van der Waals surface area contributed by atoms with E-state index in [0.717, 1.165) is 12.1 Å². The van der Waals surface area contributed by atoms with E-state index in [2.05, 4.69) is 5.32 Å². The molecule has 1 fully saturated rings. The second kappa shape index (κ2) is 9.53. The predicted octanol–water partition coefficient (Wildman–Crippen LogP) is 4.88. The zero-order chi connectivity index (χ0) is 22.7. The second-order valence-electron chi connectivity index (χ2n) is 8.77. The van der Waals surface area contributed by atoms with Crippen molar-refractivity contribution in [3.05, 3.63) is 34.9 Å². The number of amides is 1. The molecule has 30 heavy (non-hydrogen) atoms. The van der Waals surface area contributed by atoms with Crippen LogP contribution in [0.4, 0.5) is 18.0 Å². The molecule has 2 atom stereocenters. The van der Waals surface area contributed by atoms with Crippen LogP contribution < -0.4 is 5.32 Å². The minimum Gasteiger partial charge on any atom is -0.465 e. The molecule has 0 spiro atoms. The molecule has 0 aliphatic carbocycles. The molecule has 1 unspecified atom stereocenters. The van der Waals surface area contributed by atoms with Crippen molar-refractivity contribution in [2.24, 2.45) is 11.8 Å². The van der Waals surface area contributed by atoms with Crippen LogP contribution in [0.1, 0.15) is 69.6 Å². The monoisotopic (exact) mass is 433 g/mol. The average Bonchev–Trinajstić information content (AvgIpc) is 3.11. The van der Waals surface area contributed by atoms with E-state index in [0.29, 0.717) is 18.4 Å². The fourth-order valence-corrected chi connectivity index (χ4v) is 3.94. The third-order valence-electron chi connectivity index (χ3n) is 5.05. The number of ether oxygens (including phenoxy) is 2. The van der Waals surface area contributed by atoms with Gasteiger partial charge in [0.15, 0.2) is 6.29 Å². The first-order valence-corrected chi connectivity index (χ1v) is 9.93. The Kier molecular flexibility index (Phi) is 7.76. The zero-order valence-corrected chi connectivity index (χ0v) is 17.6. The number of halogens is 3. The van der Waals surface area contributed by atoms with Crippen molar-refractivity contribution >= 4 is 6.09 Å². The van der Waals surface area contributed by atoms with Crippen LogP contribution in [-0.4, -0.2) is 35.1 Å². The van der Waals surface area contributed by atoms with Gasteiger partial charge in [-0.15, -0.1) is 0 Å². The molecule has 1 amide bonds. The fraction of sp³-hybridized carbons (Fsp3) is 0.667. The van der Waals surface area contributed by atoms with Crippen molar-refractivity contribution in [3.8, 4) is 0 Å². The molecule has 1 aliphatic rings. The number of aliphatic hydroxyl groups excluding tert-OH is 1. The van der Waals surface area contributed by atoms with Crippen molar-refractivity contribution in [1.82, 2.24) is 5.32 Å². The number of carboxylic acid groups (broad SMARTS) is 1. The Bertz CT molecular complexity index is 730. The van der Waals surface area contributed by atoms with Gasteiger partial charge < -0.3 is 25.0 Å². The summed E-state index contributed by atoms with van der Waals surface area (Å²) in [5.74, 6) is -0.217. The number of rotatable bonds is 8. The van der Waals surface area contributed by atoms with Gasteiger partial charge in [-0.1, -0.05) is 19.9 Å². The lowest BCUT2D eigenvalue weighted by molar-refractivity contribution is -0.137. The van der Waals surface area contributed by atoms with Crippen LogP contribution >= 0.6 is 0 Å². The molecule has 0 saturated carbocycles. The first-order valence-electron chi connectivity index (χ1n) is 9.93. The lowest BCUT2D eigenvalue weighted by Crippen LogP contribution is -2.45. The third-order valence-corrected chi connectivity index (χ3v) is 5.05. The van der Waals surface area contributed by atoms with Crippen LogP contribution in [0.5, 0.6) is 0 Å². The first kappa shape index (κ1) is 24.4. The molecule has 3 N–H and O–H groups in total. The quantitative estimate of drug-likeness (QED) is 0.544. The lowest BCUT2D eigenvalue weighted by Gasteiger charge is -2.34.